The van der Waals surface area contributed by atoms with Crippen molar-refractivity contribution in [3.8, 4) is 0 Å². The normalized spacial score (nSPS) is 14.1. The molecular formula is C25H31N3O4. The number of carbonyl (C=O) groups is 3. The van der Waals surface area contributed by atoms with E-state index >= 15 is 0 Å². The number of carboxylic acid groups (broad SMARTS) is 1. The monoisotopic (exact) mass is 437 g/mol. The first-order valence-electron chi connectivity index (χ1n) is 11.2. The Bertz CT molecular complexity index is 1010. The highest BCUT2D eigenvalue weighted by molar-refractivity contribution is 5.89. The Morgan fingerprint density at radius 2 is 1.94 bits per heavy atom. The molecule has 170 valence electrons. The molecule has 32 heavy (non-hydrogen) atoms. The lowest BCUT2D eigenvalue weighted by atomic mass is 9.99. The fourth-order valence-corrected chi connectivity index (χ4v) is 3.91. The summed E-state index contributed by atoms with van der Waals surface area (Å²) >= 11 is 0. The number of aliphatic carboxylic acids is 1. The summed E-state index contributed by atoms with van der Waals surface area (Å²) in [5.74, 6) is -1.81. The van der Waals surface area contributed by atoms with Gasteiger partial charge >= 0.3 is 5.97 Å². The third kappa shape index (κ3) is 7.11. The largest absolute Gasteiger partial charge is 0.480 e. The van der Waals surface area contributed by atoms with Gasteiger partial charge in [-0.2, -0.15) is 0 Å². The number of hydrogen-bond acceptors (Lipinski definition) is 3. The van der Waals surface area contributed by atoms with Crippen molar-refractivity contribution in [2.75, 3.05) is 6.54 Å². The van der Waals surface area contributed by atoms with E-state index in [0.717, 1.165) is 55.0 Å². The number of H-pyrrole nitrogens is 1. The predicted octanol–water partition coefficient (Wildman–Crippen LogP) is 3.62. The van der Waals surface area contributed by atoms with Crippen molar-refractivity contribution in [2.24, 2.45) is 0 Å². The lowest BCUT2D eigenvalue weighted by Gasteiger charge is -2.14. The van der Waals surface area contributed by atoms with Crippen LogP contribution in [0.2, 0.25) is 0 Å². The van der Waals surface area contributed by atoms with Crippen LogP contribution in [0.15, 0.2) is 54.3 Å². The summed E-state index contributed by atoms with van der Waals surface area (Å²) in [7, 11) is 0. The van der Waals surface area contributed by atoms with E-state index in [2.05, 4.69) is 33.8 Å². The van der Waals surface area contributed by atoms with Gasteiger partial charge in [0.1, 0.15) is 6.04 Å². The fourth-order valence-electron chi connectivity index (χ4n) is 3.91. The zero-order chi connectivity index (χ0) is 22.8. The molecule has 0 saturated carbocycles. The molecule has 4 N–H and O–H groups in total. The van der Waals surface area contributed by atoms with Gasteiger partial charge in [-0.15, -0.1) is 0 Å². The second-order valence-electron chi connectivity index (χ2n) is 8.15. The van der Waals surface area contributed by atoms with Crippen LogP contribution in [0.5, 0.6) is 0 Å². The third-order valence-electron chi connectivity index (χ3n) is 5.68. The summed E-state index contributed by atoms with van der Waals surface area (Å²) in [5.41, 5.74) is 3.20. The van der Waals surface area contributed by atoms with Crippen molar-refractivity contribution in [2.45, 2.75) is 57.4 Å². The standard InChI is InChI=1S/C25H31N3O4/c29-23(14-6-2-5-11-18-9-3-1-4-10-18)27-17-24(30)28-22(25(31)32)15-19-16-26-21-13-8-7-12-20(19)21/h1,3,7-9,12-13,16,22,26H,2,4-6,10-11,14-15,17H2,(H,27,29)(H,28,30)(H,31,32). The van der Waals surface area contributed by atoms with Gasteiger partial charge in [-0.05, 0) is 43.7 Å². The van der Waals surface area contributed by atoms with Crippen LogP contribution in [0.1, 0.15) is 50.5 Å². The van der Waals surface area contributed by atoms with Crippen molar-refractivity contribution in [3.63, 3.8) is 0 Å². The molecule has 0 bridgehead atoms. The second kappa shape index (κ2) is 11.9. The van der Waals surface area contributed by atoms with Crippen molar-refractivity contribution < 1.29 is 19.5 Å². The van der Waals surface area contributed by atoms with E-state index < -0.39 is 17.9 Å². The summed E-state index contributed by atoms with van der Waals surface area (Å²) in [6.07, 6.45) is 14.8. The minimum atomic E-state index is -1.11. The second-order valence-corrected chi connectivity index (χ2v) is 8.15. The number of nitrogens with one attached hydrogen (secondary N) is 3. The lowest BCUT2D eigenvalue weighted by molar-refractivity contribution is -0.141. The number of hydrogen-bond donors (Lipinski definition) is 4. The Balaban J connectivity index is 1.35. The molecular weight excluding hydrogens is 406 g/mol. The molecule has 3 rings (SSSR count). The van der Waals surface area contributed by atoms with Gasteiger partial charge < -0.3 is 20.7 Å². The molecule has 7 heteroatoms. The molecule has 2 aromatic rings. The number of allylic oxidation sites excluding steroid dienone is 4. The van der Waals surface area contributed by atoms with Crippen LogP contribution in [0, 0.1) is 0 Å². The van der Waals surface area contributed by atoms with E-state index in [1.165, 1.54) is 5.57 Å². The van der Waals surface area contributed by atoms with Gasteiger partial charge in [0.25, 0.3) is 0 Å². The van der Waals surface area contributed by atoms with E-state index in [0.29, 0.717) is 6.42 Å². The van der Waals surface area contributed by atoms with Crippen molar-refractivity contribution >= 4 is 28.7 Å². The van der Waals surface area contributed by atoms with Crippen LogP contribution >= 0.6 is 0 Å². The molecule has 0 aliphatic heterocycles. The molecule has 1 aromatic carbocycles. The Morgan fingerprint density at radius 3 is 2.72 bits per heavy atom. The Morgan fingerprint density at radius 1 is 1.09 bits per heavy atom. The number of fused-ring (bicyclic) bond motifs is 1. The molecule has 1 aliphatic rings. The summed E-state index contributed by atoms with van der Waals surface area (Å²) in [4.78, 5) is 38.9. The molecule has 0 radical (unpaired) electrons. The highest BCUT2D eigenvalue weighted by atomic mass is 16.4. The van der Waals surface area contributed by atoms with Crippen molar-refractivity contribution in [3.05, 3.63) is 59.8 Å². The minimum Gasteiger partial charge on any atom is -0.480 e. The minimum absolute atomic E-state index is 0.158. The molecule has 1 atom stereocenters. The number of aromatic nitrogens is 1. The van der Waals surface area contributed by atoms with Gasteiger partial charge in [-0.25, -0.2) is 4.79 Å². The van der Waals surface area contributed by atoms with Crippen molar-refractivity contribution in [1.82, 2.24) is 15.6 Å². The number of unbranched alkanes of at least 4 members (excludes halogenated alkanes) is 2. The first-order valence-corrected chi connectivity index (χ1v) is 11.2. The smallest absolute Gasteiger partial charge is 0.326 e. The fraction of sp³-hybridized carbons (Fsp3) is 0.400. The number of aromatic amines is 1. The summed E-state index contributed by atoms with van der Waals surface area (Å²) < 4.78 is 0. The first kappa shape index (κ1) is 23.3. The van der Waals surface area contributed by atoms with Crippen LogP contribution in [0.4, 0.5) is 0 Å². The van der Waals surface area contributed by atoms with Crippen LogP contribution in [0.3, 0.4) is 0 Å². The highest BCUT2D eigenvalue weighted by Gasteiger charge is 2.22. The number of benzene rings is 1. The molecule has 1 unspecified atom stereocenters. The summed E-state index contributed by atoms with van der Waals surface area (Å²) in [6, 6.07) is 6.53. The average Bonchev–Trinajstić information content (AvgIpc) is 3.20. The van der Waals surface area contributed by atoms with Gasteiger partial charge in [0.15, 0.2) is 0 Å². The topological polar surface area (TPSA) is 111 Å². The lowest BCUT2D eigenvalue weighted by Crippen LogP contribution is -2.46. The maximum absolute atomic E-state index is 12.2. The van der Waals surface area contributed by atoms with Gasteiger partial charge in [-0.1, -0.05) is 48.4 Å². The maximum Gasteiger partial charge on any atom is 0.326 e. The first-order chi connectivity index (χ1) is 15.5. The van der Waals surface area contributed by atoms with Crippen LogP contribution < -0.4 is 10.6 Å². The molecule has 2 amide bonds. The Kier molecular flexibility index (Phi) is 8.66. The van der Waals surface area contributed by atoms with Crippen LogP contribution in [-0.2, 0) is 20.8 Å². The number of amides is 2. The third-order valence-corrected chi connectivity index (χ3v) is 5.68. The van der Waals surface area contributed by atoms with Gasteiger partial charge in [0.05, 0.1) is 6.54 Å². The van der Waals surface area contributed by atoms with E-state index in [1.54, 1.807) is 6.20 Å². The van der Waals surface area contributed by atoms with Crippen LogP contribution in [-0.4, -0.2) is 40.5 Å². The SMILES string of the molecule is O=C(CCCCCC1=CC=CCC1)NCC(=O)NC(Cc1c[nH]c2ccccc12)C(=O)O. The zero-order valence-electron chi connectivity index (χ0n) is 18.2. The maximum atomic E-state index is 12.2. The van der Waals surface area contributed by atoms with E-state index in [1.807, 2.05) is 24.3 Å². The highest BCUT2D eigenvalue weighted by Crippen LogP contribution is 2.20. The molecule has 0 fully saturated rings. The molecule has 0 saturated heterocycles. The Labute approximate surface area is 188 Å². The number of carbonyl (C=O) groups excluding carboxylic acids is 2. The summed E-state index contributed by atoms with van der Waals surface area (Å²) in [5, 5.41) is 15.5. The molecule has 1 heterocycles. The molecule has 7 nitrogen and oxygen atoms in total. The molecule has 1 aliphatic carbocycles. The number of rotatable bonds is 12. The summed E-state index contributed by atoms with van der Waals surface area (Å²) in [6.45, 7) is -0.226. The van der Waals surface area contributed by atoms with E-state index in [-0.39, 0.29) is 18.9 Å². The number of para-hydroxylation sites is 1. The Hall–Kier alpha value is -3.35. The van der Waals surface area contributed by atoms with E-state index in [9.17, 15) is 19.5 Å². The zero-order valence-corrected chi connectivity index (χ0v) is 18.2. The van der Waals surface area contributed by atoms with E-state index in [4.69, 9.17) is 0 Å². The van der Waals surface area contributed by atoms with Gasteiger partial charge in [0.2, 0.25) is 11.8 Å². The molecule has 0 spiro atoms. The van der Waals surface area contributed by atoms with Gasteiger partial charge in [-0.3, -0.25) is 9.59 Å². The quantitative estimate of drug-likeness (QED) is 0.380. The predicted molar refractivity (Wildman–Crippen MR) is 124 cm³/mol. The number of carboxylic acids is 1. The van der Waals surface area contributed by atoms with Crippen LogP contribution in [0.25, 0.3) is 10.9 Å². The average molecular weight is 438 g/mol. The molecule has 1 aromatic heterocycles. The van der Waals surface area contributed by atoms with Crippen molar-refractivity contribution in [1.29, 1.82) is 0 Å². The van der Waals surface area contributed by atoms with Gasteiger partial charge in [0, 0.05) is 29.9 Å².